The van der Waals surface area contributed by atoms with Gasteiger partial charge in [0, 0.05) is 63.2 Å². The van der Waals surface area contributed by atoms with Gasteiger partial charge in [0.05, 0.1) is 5.41 Å². The van der Waals surface area contributed by atoms with Gasteiger partial charge >= 0.3 is 5.69 Å². The molecular weight excluding hydrogens is 587 g/mol. The maximum atomic E-state index is 9.10. The van der Waals surface area contributed by atoms with Crippen LogP contribution in [0.2, 0.25) is 10.0 Å². The van der Waals surface area contributed by atoms with Crippen LogP contribution in [0.3, 0.4) is 0 Å². The van der Waals surface area contributed by atoms with Gasteiger partial charge in [0.1, 0.15) is 18.1 Å². The van der Waals surface area contributed by atoms with E-state index in [1.807, 2.05) is 36.4 Å². The number of rotatable bonds is 8. The third kappa shape index (κ3) is 5.85. The summed E-state index contributed by atoms with van der Waals surface area (Å²) in [5, 5.41) is 10.6. The summed E-state index contributed by atoms with van der Waals surface area (Å²) in [5.41, 5.74) is 7.23. The van der Waals surface area contributed by atoms with E-state index < -0.39 is 0 Å². The molecule has 224 valence electrons. The van der Waals surface area contributed by atoms with Crippen molar-refractivity contribution in [2.45, 2.75) is 52.4 Å². The summed E-state index contributed by atoms with van der Waals surface area (Å²) in [6.07, 6.45) is 12.3. The highest BCUT2D eigenvalue weighted by Gasteiger charge is 2.44. The first kappa shape index (κ1) is 31.3. The van der Waals surface area contributed by atoms with Gasteiger partial charge in [0.15, 0.2) is 10.7 Å². The van der Waals surface area contributed by atoms with Crippen LogP contribution in [0.4, 0.5) is 17.1 Å². The molecule has 44 heavy (non-hydrogen) atoms. The molecule has 3 aromatic rings. The first-order chi connectivity index (χ1) is 21.0. The van der Waals surface area contributed by atoms with E-state index in [1.54, 1.807) is 24.3 Å². The number of hydrogen-bond donors (Lipinski definition) is 0. The van der Waals surface area contributed by atoms with Gasteiger partial charge in [-0.25, -0.2) is 0 Å². The summed E-state index contributed by atoms with van der Waals surface area (Å²) in [5.74, 6) is 1.30. The predicted octanol–water partition coefficient (Wildman–Crippen LogP) is 10.7. The molecule has 0 aromatic heterocycles. The molecule has 2 heterocycles. The molecule has 0 atom stereocenters. The van der Waals surface area contributed by atoms with Crippen molar-refractivity contribution in [2.75, 3.05) is 18.0 Å². The minimum atomic E-state index is -0.207. The molecule has 0 amide bonds. The number of diazo groups is 1. The van der Waals surface area contributed by atoms with Crippen molar-refractivity contribution < 1.29 is 9.31 Å². The molecule has 0 unspecified atom stereocenters. The fourth-order valence-corrected chi connectivity index (χ4v) is 6.63. The molecule has 5 nitrogen and oxygen atoms in total. The van der Waals surface area contributed by atoms with Crippen LogP contribution in [0, 0.1) is 5.39 Å². The minimum absolute atomic E-state index is 0.207. The molecule has 0 aliphatic carbocycles. The summed E-state index contributed by atoms with van der Waals surface area (Å²) in [7, 11) is 0. The lowest BCUT2D eigenvalue weighted by Gasteiger charge is -2.25. The van der Waals surface area contributed by atoms with E-state index in [0.717, 1.165) is 23.1 Å². The number of hydrogen-bond acceptors (Lipinski definition) is 3. The number of nitrogens with zero attached hydrogens (tertiary/aromatic N) is 4. The average Bonchev–Trinajstić information content (AvgIpc) is 3.34. The largest absolute Gasteiger partial charge is 0.457 e. The smallest absolute Gasteiger partial charge is 0.385 e. The first-order valence-corrected chi connectivity index (χ1v) is 15.7. The van der Waals surface area contributed by atoms with Gasteiger partial charge in [-0.1, -0.05) is 49.2 Å². The van der Waals surface area contributed by atoms with Gasteiger partial charge in [-0.3, -0.25) is 0 Å². The topological polar surface area (TPSA) is 43.6 Å². The number of anilines is 1. The van der Waals surface area contributed by atoms with E-state index in [0.29, 0.717) is 17.2 Å². The zero-order valence-corrected chi connectivity index (χ0v) is 27.6. The van der Waals surface area contributed by atoms with Crippen LogP contribution in [0.5, 0.6) is 5.75 Å². The van der Waals surface area contributed by atoms with E-state index >= 15 is 0 Å². The van der Waals surface area contributed by atoms with Crippen molar-refractivity contribution in [3.63, 3.8) is 0 Å². The van der Waals surface area contributed by atoms with E-state index in [2.05, 4.69) is 92.4 Å². The second-order valence-corrected chi connectivity index (χ2v) is 12.9. The second-order valence-electron chi connectivity index (χ2n) is 12.0. The third-order valence-corrected chi connectivity index (χ3v) is 9.03. The van der Waals surface area contributed by atoms with Crippen LogP contribution in [-0.2, 0) is 10.8 Å². The number of benzene rings is 3. The van der Waals surface area contributed by atoms with Gasteiger partial charge in [-0.2, -0.15) is 4.58 Å². The number of halogens is 2. The van der Waals surface area contributed by atoms with Gasteiger partial charge in [-0.15, -0.1) is 0 Å². The Labute approximate surface area is 270 Å². The lowest BCUT2D eigenvalue weighted by molar-refractivity contribution is -0.433. The standard InChI is InChI=1S/C37H38Cl2N4O/c1-7-42-32-21-15-25(38)23-30(32)36(3,4)34(42)13-9-11-28(44-29-19-17-27(41-40)18-20-29)12-10-14-35-37(5,6)31-24-26(39)16-22-33(31)43(35)8-2/h9-24H,7-8H2,1-6H3/q+2. The monoisotopic (exact) mass is 624 g/mol. The van der Waals surface area contributed by atoms with Gasteiger partial charge in [0.2, 0.25) is 11.1 Å². The molecule has 0 saturated heterocycles. The second kappa shape index (κ2) is 12.5. The average molecular weight is 626 g/mol. The maximum absolute atomic E-state index is 9.10. The first-order valence-electron chi connectivity index (χ1n) is 14.9. The van der Waals surface area contributed by atoms with Crippen LogP contribution in [0.25, 0.3) is 4.98 Å². The third-order valence-electron chi connectivity index (χ3n) is 8.56. The number of ether oxygens (including phenoxy) is 1. The fourth-order valence-electron chi connectivity index (χ4n) is 6.29. The van der Waals surface area contributed by atoms with Crippen LogP contribution >= 0.6 is 23.2 Å². The van der Waals surface area contributed by atoms with E-state index in [4.69, 9.17) is 33.3 Å². The van der Waals surface area contributed by atoms with E-state index in [9.17, 15) is 0 Å². The Morgan fingerprint density at radius 2 is 1.59 bits per heavy atom. The zero-order chi connectivity index (χ0) is 31.6. The van der Waals surface area contributed by atoms with Crippen LogP contribution in [0.1, 0.15) is 52.7 Å². The molecule has 3 aromatic carbocycles. The molecule has 2 aliphatic heterocycles. The lowest BCUT2D eigenvalue weighted by Crippen LogP contribution is -2.27. The van der Waals surface area contributed by atoms with Gasteiger partial charge in [-0.05, 0) is 94.0 Å². The summed E-state index contributed by atoms with van der Waals surface area (Å²) < 4.78 is 8.64. The molecule has 0 bridgehead atoms. The summed E-state index contributed by atoms with van der Waals surface area (Å²) >= 11 is 12.8. The Morgan fingerprint density at radius 1 is 0.909 bits per heavy atom. The quantitative estimate of drug-likeness (QED) is 0.108. The van der Waals surface area contributed by atoms with Crippen molar-refractivity contribution in [3.05, 3.63) is 135 Å². The molecule has 0 saturated carbocycles. The highest BCUT2D eigenvalue weighted by Crippen LogP contribution is 2.48. The van der Waals surface area contributed by atoms with Gasteiger partial charge in [0.25, 0.3) is 0 Å². The van der Waals surface area contributed by atoms with Crippen LogP contribution < -0.4 is 9.64 Å². The molecule has 0 fully saturated rings. The normalized spacial score (nSPS) is 17.9. The molecule has 0 spiro atoms. The highest BCUT2D eigenvalue weighted by atomic mass is 35.5. The zero-order valence-electron chi connectivity index (χ0n) is 26.1. The van der Waals surface area contributed by atoms with Crippen molar-refractivity contribution in [2.24, 2.45) is 0 Å². The Hall–Kier alpha value is -4.11. The highest BCUT2D eigenvalue weighted by molar-refractivity contribution is 6.31. The molecule has 2 aliphatic rings. The Kier molecular flexibility index (Phi) is 8.88. The van der Waals surface area contributed by atoms with Crippen molar-refractivity contribution in [3.8, 4) is 5.75 Å². The Morgan fingerprint density at radius 3 is 2.25 bits per heavy atom. The summed E-state index contributed by atoms with van der Waals surface area (Å²) in [6.45, 7) is 14.9. The van der Waals surface area contributed by atoms with Crippen molar-refractivity contribution in [1.82, 2.24) is 0 Å². The van der Waals surface area contributed by atoms with Crippen molar-refractivity contribution >= 4 is 46.0 Å². The predicted molar refractivity (Wildman–Crippen MR) is 184 cm³/mol. The maximum Gasteiger partial charge on any atom is 0.385 e. The number of likely N-dealkylation sites (N-methyl/N-ethyl adjacent to an activating group) is 1. The molecule has 0 radical (unpaired) electrons. The van der Waals surface area contributed by atoms with Crippen LogP contribution in [-0.4, -0.2) is 23.4 Å². The van der Waals surface area contributed by atoms with E-state index in [-0.39, 0.29) is 10.8 Å². The van der Waals surface area contributed by atoms with E-state index in [1.165, 1.54) is 33.9 Å². The SMILES string of the molecule is CCN1/C(=C/C=C/C(=C/C=C/C2=[N+](CC)c3ccc(Cl)cc3C2(C)C)Oc2ccc([N+]#N)cc2)C(C)(C)c2cc(Cl)ccc21. The van der Waals surface area contributed by atoms with Gasteiger partial charge < -0.3 is 9.64 Å². The summed E-state index contributed by atoms with van der Waals surface area (Å²) in [6, 6.07) is 19.2. The molecule has 7 heteroatoms. The fraction of sp³-hybridized carbons (Fsp3) is 0.270. The van der Waals surface area contributed by atoms with Crippen LogP contribution in [0.15, 0.2) is 109 Å². The molecular formula is C37H38Cl2N4O+2. The number of fused-ring (bicyclic) bond motifs is 2. The minimum Gasteiger partial charge on any atom is -0.457 e. The summed E-state index contributed by atoms with van der Waals surface area (Å²) in [4.78, 5) is 5.58. The molecule has 0 N–H and O–H groups in total. The molecule has 5 rings (SSSR count). The Bertz CT molecular complexity index is 1790. The lowest BCUT2D eigenvalue weighted by atomic mass is 9.81. The number of allylic oxidation sites excluding steroid dienone is 7. The van der Waals surface area contributed by atoms with Crippen molar-refractivity contribution in [1.29, 1.82) is 5.39 Å². The Balaban J connectivity index is 1.50.